The van der Waals surface area contributed by atoms with Crippen LogP contribution in [0.25, 0.3) is 0 Å². The summed E-state index contributed by atoms with van der Waals surface area (Å²) in [5.41, 5.74) is -0.416. The lowest BCUT2D eigenvalue weighted by Crippen LogP contribution is -2.11. The Kier molecular flexibility index (Phi) is 9.33. The van der Waals surface area contributed by atoms with Crippen molar-refractivity contribution in [2.45, 2.75) is 6.42 Å². The third kappa shape index (κ3) is 10.5. The normalized spacial score (nSPS) is 11.5. The van der Waals surface area contributed by atoms with Gasteiger partial charge in [0.15, 0.2) is 0 Å². The first kappa shape index (κ1) is 19.7. The van der Waals surface area contributed by atoms with Crippen LogP contribution in [0.5, 0.6) is 0 Å². The SMILES string of the molecule is C=C(Cl)C=COC(=O)C=C(CC(=O)O)C(=O)OC=CC(=C)Cl. The summed E-state index contributed by atoms with van der Waals surface area (Å²) in [6.45, 7) is 6.64. The summed E-state index contributed by atoms with van der Waals surface area (Å²) in [6.07, 6.45) is 4.18. The van der Waals surface area contributed by atoms with Crippen molar-refractivity contribution in [1.29, 1.82) is 0 Å². The van der Waals surface area contributed by atoms with Crippen molar-refractivity contribution in [1.82, 2.24) is 0 Å². The van der Waals surface area contributed by atoms with Crippen molar-refractivity contribution in [3.63, 3.8) is 0 Å². The summed E-state index contributed by atoms with van der Waals surface area (Å²) in [5, 5.41) is 8.93. The number of allylic oxidation sites excluding steroid dienone is 4. The second-order valence-corrected chi connectivity index (χ2v) is 4.55. The first-order valence-corrected chi connectivity index (χ1v) is 6.34. The van der Waals surface area contributed by atoms with Gasteiger partial charge < -0.3 is 14.6 Å². The van der Waals surface area contributed by atoms with Gasteiger partial charge in [-0.1, -0.05) is 36.4 Å². The summed E-state index contributed by atoms with van der Waals surface area (Å²) in [6, 6.07) is 0. The van der Waals surface area contributed by atoms with Crippen LogP contribution in [0.1, 0.15) is 6.42 Å². The molecule has 0 fully saturated rings. The third-order valence-electron chi connectivity index (χ3n) is 1.75. The summed E-state index contributed by atoms with van der Waals surface area (Å²) >= 11 is 10.8. The lowest BCUT2D eigenvalue weighted by molar-refractivity contribution is -0.140. The van der Waals surface area contributed by atoms with Gasteiger partial charge in [-0.2, -0.15) is 0 Å². The van der Waals surface area contributed by atoms with Gasteiger partial charge in [0.25, 0.3) is 0 Å². The molecule has 0 aromatic heterocycles. The molecule has 118 valence electrons. The molecule has 0 bridgehead atoms. The number of aliphatic carboxylic acids is 1. The summed E-state index contributed by atoms with van der Waals surface area (Å²) in [4.78, 5) is 33.7. The summed E-state index contributed by atoms with van der Waals surface area (Å²) in [7, 11) is 0. The average Bonchev–Trinajstić information content (AvgIpc) is 2.36. The summed E-state index contributed by atoms with van der Waals surface area (Å²) in [5.74, 6) is -3.35. The zero-order valence-electron chi connectivity index (χ0n) is 11.3. The van der Waals surface area contributed by atoms with E-state index in [1.54, 1.807) is 0 Å². The highest BCUT2D eigenvalue weighted by molar-refractivity contribution is 6.31. The molecule has 6 nitrogen and oxygen atoms in total. The molecular formula is C14H12Cl2O6. The zero-order chi connectivity index (χ0) is 17.1. The largest absolute Gasteiger partial charge is 0.481 e. The second-order valence-electron chi connectivity index (χ2n) is 3.58. The molecule has 1 N–H and O–H groups in total. The molecule has 0 heterocycles. The number of carboxylic acid groups (broad SMARTS) is 1. The minimum atomic E-state index is -1.33. The molecule has 0 atom stereocenters. The molecule has 0 aromatic rings. The Morgan fingerprint density at radius 1 is 1.00 bits per heavy atom. The minimum Gasteiger partial charge on any atom is -0.481 e. The van der Waals surface area contributed by atoms with Gasteiger partial charge in [0.1, 0.15) is 0 Å². The van der Waals surface area contributed by atoms with E-state index < -0.39 is 29.9 Å². The number of carboxylic acids is 1. The predicted octanol–water partition coefficient (Wildman–Crippen LogP) is 3.01. The maximum atomic E-state index is 11.6. The number of hydrogen-bond donors (Lipinski definition) is 1. The molecule has 0 unspecified atom stereocenters. The van der Waals surface area contributed by atoms with Gasteiger partial charge in [-0.15, -0.1) is 0 Å². The number of carbonyl (C=O) groups is 3. The number of esters is 2. The van der Waals surface area contributed by atoms with Crippen LogP contribution in [0, 0.1) is 0 Å². The maximum Gasteiger partial charge on any atom is 0.339 e. The van der Waals surface area contributed by atoms with Crippen LogP contribution in [0.2, 0.25) is 0 Å². The van der Waals surface area contributed by atoms with Gasteiger partial charge in [0, 0.05) is 16.1 Å². The Labute approximate surface area is 136 Å². The highest BCUT2D eigenvalue weighted by Gasteiger charge is 2.16. The molecule has 0 spiro atoms. The topological polar surface area (TPSA) is 89.9 Å². The molecule has 0 amide bonds. The molecule has 0 radical (unpaired) electrons. The number of carbonyl (C=O) groups excluding carboxylic acids is 2. The van der Waals surface area contributed by atoms with Crippen molar-refractivity contribution in [2.24, 2.45) is 0 Å². The summed E-state index contributed by atoms with van der Waals surface area (Å²) < 4.78 is 9.16. The first-order chi connectivity index (χ1) is 10.2. The number of halogens is 2. The van der Waals surface area contributed by atoms with E-state index in [4.69, 9.17) is 28.3 Å². The Hall–Kier alpha value is -2.31. The van der Waals surface area contributed by atoms with Crippen molar-refractivity contribution >= 4 is 41.1 Å². The van der Waals surface area contributed by atoms with Crippen LogP contribution >= 0.6 is 23.2 Å². The lowest BCUT2D eigenvalue weighted by Gasteiger charge is -2.02. The highest BCUT2D eigenvalue weighted by atomic mass is 35.5. The van der Waals surface area contributed by atoms with E-state index in [2.05, 4.69) is 22.6 Å². The fraction of sp³-hybridized carbons (Fsp3) is 0.0714. The monoisotopic (exact) mass is 346 g/mol. The Morgan fingerprint density at radius 3 is 1.95 bits per heavy atom. The molecular weight excluding hydrogens is 335 g/mol. The first-order valence-electron chi connectivity index (χ1n) is 5.58. The van der Waals surface area contributed by atoms with E-state index in [1.165, 1.54) is 12.2 Å². The minimum absolute atomic E-state index is 0.0995. The fourth-order valence-electron chi connectivity index (χ4n) is 0.942. The maximum absolute atomic E-state index is 11.6. The molecule has 0 aliphatic rings. The molecule has 0 aliphatic heterocycles. The standard InChI is InChI=1S/C14H12Cl2O6/c1-9(15)3-5-21-13(19)8-11(7-12(17)18)14(20)22-6-4-10(2)16/h3-6,8H,1-2,7H2,(H,17,18). The van der Waals surface area contributed by atoms with Crippen molar-refractivity contribution < 1.29 is 29.0 Å². The predicted molar refractivity (Wildman–Crippen MR) is 80.8 cm³/mol. The molecule has 0 saturated heterocycles. The molecule has 22 heavy (non-hydrogen) atoms. The van der Waals surface area contributed by atoms with Crippen molar-refractivity contribution in [3.8, 4) is 0 Å². The van der Waals surface area contributed by atoms with E-state index in [9.17, 15) is 14.4 Å². The van der Waals surface area contributed by atoms with Gasteiger partial charge in [-0.25, -0.2) is 9.59 Å². The molecule has 8 heteroatoms. The molecule has 0 aromatic carbocycles. The smallest absolute Gasteiger partial charge is 0.339 e. The Balaban J connectivity index is 4.94. The quantitative estimate of drug-likeness (QED) is 0.314. The van der Waals surface area contributed by atoms with Crippen LogP contribution in [0.4, 0.5) is 0 Å². The van der Waals surface area contributed by atoms with Crippen molar-refractivity contribution in [3.05, 3.63) is 59.5 Å². The number of rotatable bonds is 8. The van der Waals surface area contributed by atoms with E-state index >= 15 is 0 Å². The second kappa shape index (κ2) is 10.4. The van der Waals surface area contributed by atoms with Gasteiger partial charge in [0.05, 0.1) is 24.5 Å². The van der Waals surface area contributed by atoms with Crippen LogP contribution in [0.15, 0.2) is 59.5 Å². The molecule has 0 rings (SSSR count). The van der Waals surface area contributed by atoms with E-state index in [0.29, 0.717) is 6.08 Å². The Morgan fingerprint density at radius 2 is 1.50 bits per heavy atom. The molecule has 0 aliphatic carbocycles. The van der Waals surface area contributed by atoms with Crippen LogP contribution in [-0.4, -0.2) is 23.0 Å². The average molecular weight is 347 g/mol. The van der Waals surface area contributed by atoms with E-state index in [-0.39, 0.29) is 10.1 Å². The molecule has 0 saturated carbocycles. The Bertz CT molecular complexity index is 572. The third-order valence-corrected chi connectivity index (χ3v) is 2.00. The highest BCUT2D eigenvalue weighted by Crippen LogP contribution is 2.07. The zero-order valence-corrected chi connectivity index (χ0v) is 12.8. The fourth-order valence-corrected chi connectivity index (χ4v) is 1.04. The number of hydrogen-bond acceptors (Lipinski definition) is 5. The number of ether oxygens (including phenoxy) is 2. The van der Waals surface area contributed by atoms with Gasteiger partial charge >= 0.3 is 17.9 Å². The van der Waals surface area contributed by atoms with Crippen LogP contribution in [0.3, 0.4) is 0 Å². The lowest BCUT2D eigenvalue weighted by atomic mass is 10.2. The van der Waals surface area contributed by atoms with Gasteiger partial charge in [-0.05, 0) is 12.2 Å². The van der Waals surface area contributed by atoms with Crippen molar-refractivity contribution in [2.75, 3.05) is 0 Å². The van der Waals surface area contributed by atoms with Crippen LogP contribution in [-0.2, 0) is 23.9 Å². The van der Waals surface area contributed by atoms with E-state index in [0.717, 1.165) is 12.5 Å². The van der Waals surface area contributed by atoms with Crippen LogP contribution < -0.4 is 0 Å². The van der Waals surface area contributed by atoms with E-state index in [1.807, 2.05) is 0 Å². The van der Waals surface area contributed by atoms with Gasteiger partial charge in [0.2, 0.25) is 0 Å². The van der Waals surface area contributed by atoms with Gasteiger partial charge in [-0.3, -0.25) is 4.79 Å².